The molecular formula is C29H41N3O2. The molecule has 5 aliphatic carbocycles. The second-order valence-corrected chi connectivity index (χ2v) is 13.4. The van der Waals surface area contributed by atoms with Crippen LogP contribution in [0.3, 0.4) is 0 Å². The van der Waals surface area contributed by atoms with E-state index in [9.17, 15) is 9.59 Å². The van der Waals surface area contributed by atoms with Crippen LogP contribution >= 0.6 is 0 Å². The van der Waals surface area contributed by atoms with Crippen LogP contribution in [0.25, 0.3) is 0 Å². The highest BCUT2D eigenvalue weighted by atomic mass is 16.2. The molecule has 3 heterocycles. The van der Waals surface area contributed by atoms with E-state index in [1.54, 1.807) is 10.1 Å². The molecule has 0 aromatic carbocycles. The summed E-state index contributed by atoms with van der Waals surface area (Å²) < 4.78 is 5.53. The lowest BCUT2D eigenvalue weighted by Gasteiger charge is -2.60. The third-order valence-corrected chi connectivity index (χ3v) is 12.0. The van der Waals surface area contributed by atoms with Gasteiger partial charge in [-0.25, -0.2) is 23.5 Å². The summed E-state index contributed by atoms with van der Waals surface area (Å²) in [7, 11) is 0. The maximum Gasteiger partial charge on any atom is 0.348 e. The summed E-state index contributed by atoms with van der Waals surface area (Å²) in [5, 5.41) is 0. The van der Waals surface area contributed by atoms with E-state index in [1.165, 1.54) is 57.8 Å². The largest absolute Gasteiger partial charge is 0.348 e. The Morgan fingerprint density at radius 3 is 2.26 bits per heavy atom. The molecule has 0 saturated heterocycles. The van der Waals surface area contributed by atoms with E-state index in [0.29, 0.717) is 11.8 Å². The summed E-state index contributed by atoms with van der Waals surface area (Å²) in [5.41, 5.74) is 1.70. The lowest BCUT2D eigenvalue weighted by Crippen LogP contribution is -2.59. The van der Waals surface area contributed by atoms with Gasteiger partial charge < -0.3 is 0 Å². The molecule has 184 valence electrons. The highest BCUT2D eigenvalue weighted by Crippen LogP contribution is 2.70. The topological polar surface area (TPSA) is 48.9 Å². The van der Waals surface area contributed by atoms with Gasteiger partial charge in [0.1, 0.15) is 0 Å². The van der Waals surface area contributed by atoms with E-state index in [4.69, 9.17) is 0 Å². The Morgan fingerprint density at radius 2 is 1.56 bits per heavy atom. The summed E-state index contributed by atoms with van der Waals surface area (Å²) >= 11 is 0. The first-order valence-corrected chi connectivity index (χ1v) is 14.2. The minimum atomic E-state index is -0.0419. The Kier molecular flexibility index (Phi) is 4.37. The predicted molar refractivity (Wildman–Crippen MR) is 134 cm³/mol. The van der Waals surface area contributed by atoms with Gasteiger partial charge in [0.2, 0.25) is 0 Å². The molecule has 34 heavy (non-hydrogen) atoms. The molecule has 1 aromatic heterocycles. The standard InChI is InChI=1S/C29H41N3O2/c1-27(2)20-14-16-28(27,3)23(17-20)30-25(33)31-21-12-13-22(32(31)26(30)34)29-15-10-8-6-4-5-7-9-11-19(18-29)24(21)29/h12-13,18,20-24H,4-11,14-17H2,1-3H3/t20-,21-,22-,23+,24-,28-,29-/m0/s1. The van der Waals surface area contributed by atoms with Gasteiger partial charge in [-0.1, -0.05) is 83.1 Å². The van der Waals surface area contributed by atoms with Crippen LogP contribution in [0.5, 0.6) is 0 Å². The van der Waals surface area contributed by atoms with Gasteiger partial charge in [0, 0.05) is 17.4 Å². The molecule has 1 spiro atoms. The molecule has 8 rings (SSSR count). The first kappa shape index (κ1) is 21.5. The van der Waals surface area contributed by atoms with Crippen molar-refractivity contribution >= 4 is 0 Å². The second-order valence-electron chi connectivity index (χ2n) is 13.4. The fraction of sp³-hybridized carbons (Fsp3) is 0.793. The van der Waals surface area contributed by atoms with Crippen molar-refractivity contribution in [2.45, 2.75) is 116 Å². The molecule has 0 radical (unpaired) electrons. The van der Waals surface area contributed by atoms with Crippen LogP contribution in [0, 0.1) is 28.1 Å². The molecule has 7 aliphatic rings. The second kappa shape index (κ2) is 6.91. The normalized spacial score (nSPS) is 44.0. The van der Waals surface area contributed by atoms with Crippen LogP contribution in [0.2, 0.25) is 0 Å². The van der Waals surface area contributed by atoms with Crippen LogP contribution in [-0.2, 0) is 0 Å². The molecule has 0 N–H and O–H groups in total. The quantitative estimate of drug-likeness (QED) is 0.485. The van der Waals surface area contributed by atoms with E-state index < -0.39 is 0 Å². The lowest BCUT2D eigenvalue weighted by molar-refractivity contribution is 0.0161. The molecule has 2 aliphatic heterocycles. The van der Waals surface area contributed by atoms with Gasteiger partial charge in [-0.3, -0.25) is 0 Å². The van der Waals surface area contributed by atoms with Gasteiger partial charge >= 0.3 is 11.4 Å². The van der Waals surface area contributed by atoms with Crippen molar-refractivity contribution < 1.29 is 0 Å². The molecule has 0 unspecified atom stereocenters. The average Bonchev–Trinajstić information content (AvgIpc) is 3.25. The van der Waals surface area contributed by atoms with Gasteiger partial charge in [-0.2, -0.15) is 0 Å². The zero-order chi connectivity index (χ0) is 23.5. The van der Waals surface area contributed by atoms with Crippen molar-refractivity contribution in [2.24, 2.45) is 28.1 Å². The third-order valence-electron chi connectivity index (χ3n) is 12.0. The third kappa shape index (κ3) is 2.38. The number of hydrogen-bond donors (Lipinski definition) is 0. The van der Waals surface area contributed by atoms with E-state index >= 15 is 0 Å². The lowest BCUT2D eigenvalue weighted by atomic mass is 9.50. The minimum absolute atomic E-state index is 0.00459. The molecule has 6 bridgehead atoms. The van der Waals surface area contributed by atoms with E-state index in [0.717, 1.165) is 19.3 Å². The van der Waals surface area contributed by atoms with Crippen molar-refractivity contribution in [1.29, 1.82) is 0 Å². The number of allylic oxidation sites excluding steroid dienone is 4. The molecule has 1 aromatic rings. The van der Waals surface area contributed by atoms with Crippen molar-refractivity contribution in [3.63, 3.8) is 0 Å². The molecule has 5 nitrogen and oxygen atoms in total. The summed E-state index contributed by atoms with van der Waals surface area (Å²) in [6, 6.07) is 0.0326. The number of fused-ring (bicyclic) bond motifs is 2. The monoisotopic (exact) mass is 463 g/mol. The maximum atomic E-state index is 14.1. The summed E-state index contributed by atoms with van der Waals surface area (Å²) in [4.78, 5) is 28.2. The minimum Gasteiger partial charge on any atom is -0.246 e. The van der Waals surface area contributed by atoms with Crippen molar-refractivity contribution in [1.82, 2.24) is 13.9 Å². The highest BCUT2D eigenvalue weighted by molar-refractivity contribution is 5.40. The molecule has 0 amide bonds. The highest BCUT2D eigenvalue weighted by Gasteiger charge is 2.64. The van der Waals surface area contributed by atoms with Crippen molar-refractivity contribution in [3.8, 4) is 0 Å². The molecule has 2 fully saturated rings. The molecule has 2 saturated carbocycles. The number of hydrogen-bond acceptors (Lipinski definition) is 2. The van der Waals surface area contributed by atoms with Gasteiger partial charge in [-0.05, 0) is 55.3 Å². The van der Waals surface area contributed by atoms with Crippen LogP contribution in [0.4, 0.5) is 0 Å². The number of rotatable bonds is 1. The molecule has 5 heteroatoms. The molecule has 7 atom stereocenters. The Bertz CT molecular complexity index is 1210. The molecular weight excluding hydrogens is 422 g/mol. The Labute approximate surface area is 202 Å². The zero-order valence-electron chi connectivity index (χ0n) is 21.3. The van der Waals surface area contributed by atoms with Crippen LogP contribution in [-0.4, -0.2) is 13.9 Å². The van der Waals surface area contributed by atoms with Gasteiger partial charge in [0.15, 0.2) is 0 Å². The van der Waals surface area contributed by atoms with Gasteiger partial charge in [0.25, 0.3) is 0 Å². The van der Waals surface area contributed by atoms with Crippen LogP contribution < -0.4 is 11.4 Å². The van der Waals surface area contributed by atoms with E-state index in [1.807, 2.05) is 9.36 Å². The summed E-state index contributed by atoms with van der Waals surface area (Å²) in [5.74, 6) is 1.01. The Balaban J connectivity index is 1.34. The Hall–Kier alpha value is -1.78. The SMILES string of the molecule is CC1(C)[C@H]2CC[C@@]1(C)[C@H](n1c(=O)n3n(c1=O)[C@H]1C=C[C@H]3[C@@]34C=C(CCCCCCCCC3)[C@@H]14)C2. The summed E-state index contributed by atoms with van der Waals surface area (Å²) in [6.07, 6.45) is 21.9. The number of aromatic nitrogens is 3. The van der Waals surface area contributed by atoms with Crippen molar-refractivity contribution in [2.75, 3.05) is 0 Å². The smallest absolute Gasteiger partial charge is 0.246 e. The first-order chi connectivity index (χ1) is 16.3. The van der Waals surface area contributed by atoms with Crippen molar-refractivity contribution in [3.05, 3.63) is 44.8 Å². The average molecular weight is 464 g/mol. The fourth-order valence-corrected chi connectivity index (χ4v) is 9.70. The summed E-state index contributed by atoms with van der Waals surface area (Å²) in [6.45, 7) is 7.08. The predicted octanol–water partition coefficient (Wildman–Crippen LogP) is 5.93. The fourth-order valence-electron chi connectivity index (χ4n) is 9.70. The van der Waals surface area contributed by atoms with Gasteiger partial charge in [-0.15, -0.1) is 0 Å². The first-order valence-electron chi connectivity index (χ1n) is 14.2. The van der Waals surface area contributed by atoms with Gasteiger partial charge in [0.05, 0.1) is 12.1 Å². The zero-order valence-corrected chi connectivity index (χ0v) is 21.3. The van der Waals surface area contributed by atoms with Crippen LogP contribution in [0.1, 0.15) is 116 Å². The van der Waals surface area contributed by atoms with E-state index in [-0.39, 0.29) is 45.7 Å². The maximum absolute atomic E-state index is 14.1. The Morgan fingerprint density at radius 1 is 0.853 bits per heavy atom. The van der Waals surface area contributed by atoms with E-state index in [2.05, 4.69) is 39.0 Å². The number of nitrogens with zero attached hydrogens (tertiary/aromatic N) is 3. The van der Waals surface area contributed by atoms with Crippen LogP contribution in [0.15, 0.2) is 33.4 Å².